The fraction of sp³-hybridized carbons (Fsp3) is 0.520. The van der Waals surface area contributed by atoms with Crippen LogP contribution in [0.25, 0.3) is 10.8 Å². The molecular formula is C25H32ClIO6. The Kier molecular flexibility index (Phi) is 10.5. The Balaban J connectivity index is 2.84. The van der Waals surface area contributed by atoms with Gasteiger partial charge in [0.05, 0.1) is 12.2 Å². The number of hydrogen-bond acceptors (Lipinski definition) is 6. The first-order chi connectivity index (χ1) is 15.6. The first kappa shape index (κ1) is 27.5. The molecule has 2 rings (SSSR count). The molecule has 0 saturated carbocycles. The summed E-state index contributed by atoms with van der Waals surface area (Å²) < 4.78 is 24.2. The molecule has 0 radical (unpaired) electrons. The number of halogens is 2. The SMILES string of the molecule is CCC(C)Oc1c(OC(C)CC)c(OC(=O)CCC(C)I)c2cc(Cl)ccc2c1OC(C)=O. The van der Waals surface area contributed by atoms with Gasteiger partial charge in [0, 0.05) is 33.1 Å². The van der Waals surface area contributed by atoms with E-state index >= 15 is 0 Å². The van der Waals surface area contributed by atoms with E-state index in [0.717, 1.165) is 0 Å². The summed E-state index contributed by atoms with van der Waals surface area (Å²) in [6, 6.07) is 5.07. The number of alkyl halides is 1. The molecule has 0 fully saturated rings. The Hall–Kier alpha value is -1.74. The van der Waals surface area contributed by atoms with Crippen molar-refractivity contribution in [1.82, 2.24) is 0 Å². The van der Waals surface area contributed by atoms with Crippen LogP contribution < -0.4 is 18.9 Å². The maximum Gasteiger partial charge on any atom is 0.311 e. The predicted octanol–water partition coefficient (Wildman–Crippen LogP) is 7.28. The van der Waals surface area contributed by atoms with Crippen molar-refractivity contribution in [3.63, 3.8) is 0 Å². The molecule has 182 valence electrons. The minimum atomic E-state index is -0.504. The molecule has 8 heteroatoms. The molecule has 2 aromatic carbocycles. The lowest BCUT2D eigenvalue weighted by atomic mass is 10.1. The van der Waals surface area contributed by atoms with E-state index in [2.05, 4.69) is 22.6 Å². The molecule has 6 nitrogen and oxygen atoms in total. The van der Waals surface area contributed by atoms with Crippen LogP contribution in [0.15, 0.2) is 18.2 Å². The van der Waals surface area contributed by atoms with Crippen molar-refractivity contribution in [2.45, 2.75) is 83.4 Å². The van der Waals surface area contributed by atoms with E-state index in [9.17, 15) is 9.59 Å². The largest absolute Gasteiger partial charge is 0.483 e. The minimum Gasteiger partial charge on any atom is -0.483 e. The second-order valence-corrected chi connectivity index (χ2v) is 10.6. The van der Waals surface area contributed by atoms with Crippen LogP contribution in [-0.4, -0.2) is 28.1 Å². The van der Waals surface area contributed by atoms with Crippen LogP contribution in [0.3, 0.4) is 0 Å². The third-order valence-corrected chi connectivity index (χ3v) is 5.94. The fourth-order valence-electron chi connectivity index (χ4n) is 2.96. The van der Waals surface area contributed by atoms with Gasteiger partial charge in [-0.1, -0.05) is 55.0 Å². The van der Waals surface area contributed by atoms with Gasteiger partial charge in [0.25, 0.3) is 0 Å². The molecule has 0 aromatic heterocycles. The van der Waals surface area contributed by atoms with Gasteiger partial charge in [0.2, 0.25) is 11.5 Å². The molecule has 0 amide bonds. The fourth-order valence-corrected chi connectivity index (χ4v) is 3.45. The van der Waals surface area contributed by atoms with E-state index in [1.54, 1.807) is 18.2 Å². The van der Waals surface area contributed by atoms with Crippen LogP contribution in [0.2, 0.25) is 5.02 Å². The molecule has 0 aliphatic heterocycles. The van der Waals surface area contributed by atoms with Crippen LogP contribution in [0.5, 0.6) is 23.0 Å². The highest BCUT2D eigenvalue weighted by atomic mass is 127. The van der Waals surface area contributed by atoms with Gasteiger partial charge in [-0.05, 0) is 51.3 Å². The van der Waals surface area contributed by atoms with Crippen LogP contribution >= 0.6 is 34.2 Å². The van der Waals surface area contributed by atoms with E-state index < -0.39 is 5.97 Å². The lowest BCUT2D eigenvalue weighted by Gasteiger charge is -2.25. The quantitative estimate of drug-likeness (QED) is 0.119. The maximum atomic E-state index is 12.8. The zero-order valence-corrected chi connectivity index (χ0v) is 22.9. The van der Waals surface area contributed by atoms with Gasteiger partial charge in [-0.25, -0.2) is 0 Å². The molecular weight excluding hydrogens is 559 g/mol. The van der Waals surface area contributed by atoms with Gasteiger partial charge in [-0.3, -0.25) is 9.59 Å². The molecule has 0 spiro atoms. The molecule has 0 saturated heterocycles. The Bertz CT molecular complexity index is 991. The Morgan fingerprint density at radius 2 is 1.45 bits per heavy atom. The van der Waals surface area contributed by atoms with E-state index in [-0.39, 0.29) is 47.6 Å². The van der Waals surface area contributed by atoms with E-state index in [4.69, 9.17) is 30.5 Å². The summed E-state index contributed by atoms with van der Waals surface area (Å²) >= 11 is 8.57. The highest BCUT2D eigenvalue weighted by Gasteiger charge is 2.29. The molecule has 0 aliphatic carbocycles. The topological polar surface area (TPSA) is 71.1 Å². The van der Waals surface area contributed by atoms with E-state index in [0.29, 0.717) is 39.0 Å². The number of benzene rings is 2. The standard InChI is InChI=1S/C25H32ClIO6/c1-7-15(4)30-24-22(32-17(6)28)19-11-10-18(26)13-20(19)23(25(24)31-16(5)8-2)33-21(29)12-9-14(3)27/h10-11,13-16H,7-9,12H2,1-6H3. The predicted molar refractivity (Wildman–Crippen MR) is 139 cm³/mol. The maximum absolute atomic E-state index is 12.8. The molecule has 0 bridgehead atoms. The van der Waals surface area contributed by atoms with Crippen LogP contribution in [0.1, 0.15) is 67.2 Å². The summed E-state index contributed by atoms with van der Waals surface area (Å²) in [4.78, 5) is 24.8. The van der Waals surface area contributed by atoms with Gasteiger partial charge in [0.15, 0.2) is 11.5 Å². The molecule has 3 unspecified atom stereocenters. The Morgan fingerprint density at radius 1 is 0.909 bits per heavy atom. The van der Waals surface area contributed by atoms with Crippen molar-refractivity contribution in [2.24, 2.45) is 0 Å². The van der Waals surface area contributed by atoms with E-state index in [1.165, 1.54) is 6.92 Å². The Morgan fingerprint density at radius 3 is 1.94 bits per heavy atom. The summed E-state index contributed by atoms with van der Waals surface area (Å²) in [5.41, 5.74) is 0. The summed E-state index contributed by atoms with van der Waals surface area (Å²) in [6.07, 6.45) is 1.94. The lowest BCUT2D eigenvalue weighted by Crippen LogP contribution is -2.18. The molecule has 0 aliphatic rings. The smallest absolute Gasteiger partial charge is 0.311 e. The third kappa shape index (κ3) is 7.64. The molecule has 0 heterocycles. The average molecular weight is 591 g/mol. The van der Waals surface area contributed by atoms with Crippen molar-refractivity contribution >= 4 is 56.9 Å². The number of ether oxygens (including phenoxy) is 4. The number of hydrogen-bond donors (Lipinski definition) is 0. The first-order valence-corrected chi connectivity index (χ1v) is 12.8. The third-order valence-electron chi connectivity index (χ3n) is 5.09. The summed E-state index contributed by atoms with van der Waals surface area (Å²) in [7, 11) is 0. The summed E-state index contributed by atoms with van der Waals surface area (Å²) in [6.45, 7) is 11.1. The zero-order chi connectivity index (χ0) is 24.7. The first-order valence-electron chi connectivity index (χ1n) is 11.2. The molecule has 2 aromatic rings. The van der Waals surface area contributed by atoms with Crippen molar-refractivity contribution in [2.75, 3.05) is 0 Å². The lowest BCUT2D eigenvalue weighted by molar-refractivity contribution is -0.135. The molecule has 0 N–H and O–H groups in total. The number of carbonyl (C=O) groups excluding carboxylic acids is 2. The second-order valence-electron chi connectivity index (χ2n) is 8.07. The zero-order valence-electron chi connectivity index (χ0n) is 20.0. The number of carbonyl (C=O) groups is 2. The number of esters is 2. The van der Waals surface area contributed by atoms with Crippen LogP contribution in [0, 0.1) is 0 Å². The van der Waals surface area contributed by atoms with Crippen molar-refractivity contribution in [3.8, 4) is 23.0 Å². The van der Waals surface area contributed by atoms with Crippen molar-refractivity contribution < 1.29 is 28.5 Å². The second kappa shape index (κ2) is 12.6. The molecule has 3 atom stereocenters. The van der Waals surface area contributed by atoms with Gasteiger partial charge in [-0.2, -0.15) is 0 Å². The van der Waals surface area contributed by atoms with Gasteiger partial charge < -0.3 is 18.9 Å². The minimum absolute atomic E-state index is 0.202. The van der Waals surface area contributed by atoms with Crippen molar-refractivity contribution in [1.29, 1.82) is 0 Å². The van der Waals surface area contributed by atoms with Gasteiger partial charge >= 0.3 is 11.9 Å². The highest BCUT2D eigenvalue weighted by Crippen LogP contribution is 2.53. The summed E-state index contributed by atoms with van der Waals surface area (Å²) in [5, 5.41) is 1.48. The molecule has 33 heavy (non-hydrogen) atoms. The summed E-state index contributed by atoms with van der Waals surface area (Å²) in [5.74, 6) is 0.00637. The number of rotatable bonds is 11. The van der Waals surface area contributed by atoms with Gasteiger partial charge in [-0.15, -0.1) is 0 Å². The van der Waals surface area contributed by atoms with Crippen LogP contribution in [-0.2, 0) is 9.59 Å². The van der Waals surface area contributed by atoms with Crippen LogP contribution in [0.4, 0.5) is 0 Å². The highest BCUT2D eigenvalue weighted by molar-refractivity contribution is 14.1. The van der Waals surface area contributed by atoms with Gasteiger partial charge in [0.1, 0.15) is 0 Å². The van der Waals surface area contributed by atoms with E-state index in [1.807, 2.05) is 34.6 Å². The Labute approximate surface area is 214 Å². The van der Waals surface area contributed by atoms with Crippen molar-refractivity contribution in [3.05, 3.63) is 23.2 Å². The monoisotopic (exact) mass is 590 g/mol. The average Bonchev–Trinajstić information content (AvgIpc) is 2.76. The number of fused-ring (bicyclic) bond motifs is 1. The normalized spacial score (nSPS) is 13.8.